The fraction of sp³-hybridized carbons (Fsp3) is 0.462. The molecule has 2 nitrogen and oxygen atoms in total. The first-order chi connectivity index (χ1) is 7.68. The number of amides is 1. The number of hydrogen-bond acceptors (Lipinski definition) is 1. The molecule has 1 aliphatic rings. The molecule has 0 bridgehead atoms. The van der Waals surface area contributed by atoms with E-state index in [0.29, 0.717) is 6.04 Å². The molecule has 16 heavy (non-hydrogen) atoms. The third-order valence-electron chi connectivity index (χ3n) is 3.16. The number of nitrogens with zero attached hydrogens (tertiary/aromatic N) is 1. The number of likely N-dealkylation sites (tertiary alicyclic amines) is 1. The first kappa shape index (κ1) is 11.9. The molecular weight excluding hydrogens is 313 g/mol. The second-order valence-electron chi connectivity index (χ2n) is 4.35. The van der Waals surface area contributed by atoms with Crippen molar-refractivity contribution >= 4 is 28.5 Å². The van der Waals surface area contributed by atoms with E-state index in [1.807, 2.05) is 29.2 Å². The summed E-state index contributed by atoms with van der Waals surface area (Å²) in [6.07, 6.45) is 3.52. The van der Waals surface area contributed by atoms with Crippen molar-refractivity contribution in [2.45, 2.75) is 32.2 Å². The molecule has 1 unspecified atom stereocenters. The number of hydrogen-bond donors (Lipinski definition) is 0. The molecule has 0 aliphatic carbocycles. The summed E-state index contributed by atoms with van der Waals surface area (Å²) in [4.78, 5) is 14.3. The Morgan fingerprint density at radius 3 is 2.62 bits per heavy atom. The quantitative estimate of drug-likeness (QED) is 0.724. The number of halogens is 1. The normalized spacial score (nSPS) is 20.9. The van der Waals surface area contributed by atoms with Crippen LogP contribution in [0.4, 0.5) is 0 Å². The van der Waals surface area contributed by atoms with Gasteiger partial charge in [-0.15, -0.1) is 0 Å². The van der Waals surface area contributed by atoms with Crippen LogP contribution in [0, 0.1) is 3.57 Å². The fourth-order valence-corrected chi connectivity index (χ4v) is 2.52. The predicted molar refractivity (Wildman–Crippen MR) is 73.5 cm³/mol. The fourth-order valence-electron chi connectivity index (χ4n) is 2.16. The molecule has 0 saturated carbocycles. The van der Waals surface area contributed by atoms with E-state index in [4.69, 9.17) is 0 Å². The Labute approximate surface area is 110 Å². The summed E-state index contributed by atoms with van der Waals surface area (Å²) < 4.78 is 1.17. The maximum atomic E-state index is 12.2. The van der Waals surface area contributed by atoms with E-state index in [0.717, 1.165) is 24.9 Å². The molecule has 1 aromatic carbocycles. The van der Waals surface area contributed by atoms with E-state index in [9.17, 15) is 4.79 Å². The largest absolute Gasteiger partial charge is 0.336 e. The molecule has 0 spiro atoms. The molecule has 1 heterocycles. The lowest BCUT2D eigenvalue weighted by atomic mass is 10.0. The van der Waals surface area contributed by atoms with E-state index in [1.165, 1.54) is 9.99 Å². The molecule has 0 radical (unpaired) electrons. The number of benzene rings is 1. The monoisotopic (exact) mass is 329 g/mol. The van der Waals surface area contributed by atoms with Crippen LogP contribution in [0.2, 0.25) is 0 Å². The van der Waals surface area contributed by atoms with Crippen LogP contribution in [0.3, 0.4) is 0 Å². The minimum Gasteiger partial charge on any atom is -0.336 e. The van der Waals surface area contributed by atoms with Gasteiger partial charge < -0.3 is 4.90 Å². The molecule has 1 saturated heterocycles. The van der Waals surface area contributed by atoms with Gasteiger partial charge in [0.15, 0.2) is 0 Å². The Hall–Kier alpha value is -0.580. The summed E-state index contributed by atoms with van der Waals surface area (Å²) in [7, 11) is 0. The summed E-state index contributed by atoms with van der Waals surface area (Å²) in [5.74, 6) is 0.184. The highest BCUT2D eigenvalue weighted by molar-refractivity contribution is 14.1. The van der Waals surface area contributed by atoms with Crippen LogP contribution in [0.15, 0.2) is 24.3 Å². The maximum Gasteiger partial charge on any atom is 0.254 e. The summed E-state index contributed by atoms with van der Waals surface area (Å²) in [6.45, 7) is 3.05. The Morgan fingerprint density at radius 1 is 1.31 bits per heavy atom. The van der Waals surface area contributed by atoms with E-state index in [-0.39, 0.29) is 5.91 Å². The molecule has 1 aliphatic heterocycles. The van der Waals surface area contributed by atoms with Gasteiger partial charge in [0.2, 0.25) is 0 Å². The summed E-state index contributed by atoms with van der Waals surface area (Å²) in [5.41, 5.74) is 0.814. The molecule has 1 atom stereocenters. The third-order valence-corrected chi connectivity index (χ3v) is 3.87. The Kier molecular flexibility index (Phi) is 3.84. The molecule has 0 aromatic heterocycles. The standard InChI is InChI=1S/C13H16INO/c1-10-4-2-3-9-15(10)13(16)11-5-7-12(14)8-6-11/h5-8,10H,2-4,9H2,1H3. The van der Waals surface area contributed by atoms with Crippen molar-refractivity contribution in [3.63, 3.8) is 0 Å². The number of carbonyl (C=O) groups excluding carboxylic acids is 1. The van der Waals surface area contributed by atoms with Crippen LogP contribution in [0.25, 0.3) is 0 Å². The van der Waals surface area contributed by atoms with Gasteiger partial charge >= 0.3 is 0 Å². The van der Waals surface area contributed by atoms with Gasteiger partial charge in [0.05, 0.1) is 0 Å². The van der Waals surface area contributed by atoms with Crippen molar-refractivity contribution in [1.82, 2.24) is 4.90 Å². The maximum absolute atomic E-state index is 12.2. The van der Waals surface area contributed by atoms with Crippen LogP contribution in [-0.2, 0) is 0 Å². The van der Waals surface area contributed by atoms with Crippen molar-refractivity contribution in [3.05, 3.63) is 33.4 Å². The van der Waals surface area contributed by atoms with Gasteiger partial charge in [-0.3, -0.25) is 4.79 Å². The van der Waals surface area contributed by atoms with Crippen molar-refractivity contribution in [2.75, 3.05) is 6.54 Å². The van der Waals surface area contributed by atoms with Gasteiger partial charge in [0.1, 0.15) is 0 Å². The van der Waals surface area contributed by atoms with Crippen LogP contribution >= 0.6 is 22.6 Å². The SMILES string of the molecule is CC1CCCCN1C(=O)c1ccc(I)cc1. The topological polar surface area (TPSA) is 20.3 Å². The predicted octanol–water partition coefficient (Wildman–Crippen LogP) is 3.31. The lowest BCUT2D eigenvalue weighted by Crippen LogP contribution is -2.41. The van der Waals surface area contributed by atoms with E-state index >= 15 is 0 Å². The van der Waals surface area contributed by atoms with Crippen LogP contribution in [-0.4, -0.2) is 23.4 Å². The first-order valence-electron chi connectivity index (χ1n) is 5.75. The minimum absolute atomic E-state index is 0.184. The highest BCUT2D eigenvalue weighted by atomic mass is 127. The molecule has 2 rings (SSSR count). The zero-order valence-electron chi connectivity index (χ0n) is 9.45. The molecule has 1 aromatic rings. The average Bonchev–Trinajstić information content (AvgIpc) is 2.30. The van der Waals surface area contributed by atoms with Gasteiger partial charge in [-0.1, -0.05) is 0 Å². The molecule has 0 N–H and O–H groups in total. The molecule has 3 heteroatoms. The molecule has 1 amide bonds. The van der Waals surface area contributed by atoms with Crippen molar-refractivity contribution < 1.29 is 4.79 Å². The van der Waals surface area contributed by atoms with Gasteiger partial charge in [0, 0.05) is 21.7 Å². The van der Waals surface area contributed by atoms with E-state index in [2.05, 4.69) is 29.5 Å². The highest BCUT2D eigenvalue weighted by Crippen LogP contribution is 2.19. The van der Waals surface area contributed by atoms with Crippen molar-refractivity contribution in [1.29, 1.82) is 0 Å². The van der Waals surface area contributed by atoms with E-state index in [1.54, 1.807) is 0 Å². The second-order valence-corrected chi connectivity index (χ2v) is 5.60. The van der Waals surface area contributed by atoms with Crippen molar-refractivity contribution in [3.8, 4) is 0 Å². The zero-order chi connectivity index (χ0) is 11.5. The van der Waals surface area contributed by atoms with Gasteiger partial charge in [-0.05, 0) is 73.0 Å². The molecular formula is C13H16INO. The zero-order valence-corrected chi connectivity index (χ0v) is 11.6. The Balaban J connectivity index is 2.14. The number of rotatable bonds is 1. The van der Waals surface area contributed by atoms with Gasteiger partial charge in [0.25, 0.3) is 5.91 Å². The van der Waals surface area contributed by atoms with Crippen LogP contribution in [0.5, 0.6) is 0 Å². The van der Waals surface area contributed by atoms with Crippen LogP contribution in [0.1, 0.15) is 36.5 Å². The molecule has 1 fully saturated rings. The average molecular weight is 329 g/mol. The minimum atomic E-state index is 0.184. The smallest absolute Gasteiger partial charge is 0.254 e. The lowest BCUT2D eigenvalue weighted by Gasteiger charge is -2.33. The van der Waals surface area contributed by atoms with Gasteiger partial charge in [-0.2, -0.15) is 0 Å². The van der Waals surface area contributed by atoms with Gasteiger partial charge in [-0.25, -0.2) is 0 Å². The number of piperidine rings is 1. The lowest BCUT2D eigenvalue weighted by molar-refractivity contribution is 0.0635. The highest BCUT2D eigenvalue weighted by Gasteiger charge is 2.23. The second kappa shape index (κ2) is 5.17. The summed E-state index contributed by atoms with van der Waals surface area (Å²) in [5, 5.41) is 0. The first-order valence-corrected chi connectivity index (χ1v) is 6.83. The van der Waals surface area contributed by atoms with E-state index < -0.39 is 0 Å². The van der Waals surface area contributed by atoms with Crippen molar-refractivity contribution in [2.24, 2.45) is 0 Å². The summed E-state index contributed by atoms with van der Waals surface area (Å²) >= 11 is 2.25. The number of carbonyl (C=O) groups is 1. The third kappa shape index (κ3) is 2.56. The Morgan fingerprint density at radius 2 is 2.00 bits per heavy atom. The summed E-state index contributed by atoms with van der Waals surface area (Å²) in [6, 6.07) is 8.21. The van der Waals surface area contributed by atoms with Crippen LogP contribution < -0.4 is 0 Å². The Bertz CT molecular complexity index is 374. The molecule has 86 valence electrons.